The lowest BCUT2D eigenvalue weighted by Gasteiger charge is -2.10. The minimum atomic E-state index is 0.682. The summed E-state index contributed by atoms with van der Waals surface area (Å²) >= 11 is 0. The van der Waals surface area contributed by atoms with Crippen LogP contribution in [0.15, 0.2) is 18.3 Å². The molecule has 0 atom stereocenters. The van der Waals surface area contributed by atoms with E-state index in [9.17, 15) is 0 Å². The molecule has 1 aromatic heterocycles. The summed E-state index contributed by atoms with van der Waals surface area (Å²) in [7, 11) is 0. The van der Waals surface area contributed by atoms with Crippen LogP contribution in [0.1, 0.15) is 48.2 Å². The van der Waals surface area contributed by atoms with E-state index < -0.39 is 0 Å². The molecule has 1 aromatic carbocycles. The first-order valence-electron chi connectivity index (χ1n) is 7.99. The van der Waals surface area contributed by atoms with Crippen LogP contribution in [0.2, 0.25) is 0 Å². The van der Waals surface area contributed by atoms with E-state index >= 15 is 0 Å². The molecule has 0 amide bonds. The number of rotatable bonds is 4. The van der Waals surface area contributed by atoms with E-state index in [4.69, 9.17) is 0 Å². The van der Waals surface area contributed by atoms with Crippen LogP contribution in [0.5, 0.6) is 0 Å². The number of hydrogen-bond acceptors (Lipinski definition) is 2. The summed E-state index contributed by atoms with van der Waals surface area (Å²) in [6.45, 7) is 7.33. The molecular weight excluding hydrogens is 258 g/mol. The van der Waals surface area contributed by atoms with Crippen molar-refractivity contribution in [3.05, 3.63) is 40.8 Å². The zero-order chi connectivity index (χ0) is 14.8. The van der Waals surface area contributed by atoms with Crippen molar-refractivity contribution >= 4 is 0 Å². The average Bonchev–Trinajstić information content (AvgIpc) is 3.11. The Labute approximate surface area is 127 Å². The summed E-state index contributed by atoms with van der Waals surface area (Å²) in [6, 6.07) is 5.19. The highest BCUT2D eigenvalue weighted by molar-refractivity contribution is 5.65. The van der Waals surface area contributed by atoms with E-state index in [1.807, 2.05) is 6.20 Å². The maximum Gasteiger partial charge on any atom is 0.120 e. The maximum absolute atomic E-state index is 4.53. The highest BCUT2D eigenvalue weighted by atomic mass is 15.0. The van der Waals surface area contributed by atoms with Gasteiger partial charge in [-0.1, -0.05) is 18.9 Å². The molecule has 112 valence electrons. The van der Waals surface area contributed by atoms with Crippen LogP contribution in [0.25, 0.3) is 11.3 Å². The highest BCUT2D eigenvalue weighted by Gasteiger charge is 2.15. The van der Waals surface area contributed by atoms with Gasteiger partial charge in [0.05, 0.1) is 18.4 Å². The molecule has 3 rings (SSSR count). The minimum absolute atomic E-state index is 0.682. The van der Waals surface area contributed by atoms with E-state index in [1.165, 1.54) is 47.9 Å². The zero-order valence-electron chi connectivity index (χ0n) is 13.3. The molecule has 0 unspecified atom stereocenters. The summed E-state index contributed by atoms with van der Waals surface area (Å²) in [5, 5.41) is 3.60. The lowest BCUT2D eigenvalue weighted by molar-refractivity contribution is 0.515. The number of aromatic nitrogens is 2. The van der Waals surface area contributed by atoms with Gasteiger partial charge in [0.25, 0.3) is 0 Å². The van der Waals surface area contributed by atoms with Gasteiger partial charge in [0, 0.05) is 11.6 Å². The lowest BCUT2D eigenvalue weighted by Crippen LogP contribution is -2.25. The predicted octanol–water partition coefficient (Wildman–Crippen LogP) is 4.03. The molecule has 3 heteroatoms. The summed E-state index contributed by atoms with van der Waals surface area (Å²) in [5.41, 5.74) is 6.36. The molecular formula is C18H25N3. The average molecular weight is 283 g/mol. The van der Waals surface area contributed by atoms with Gasteiger partial charge >= 0.3 is 0 Å². The standard InChI is InChI=1S/C18H25N3/c1-12-8-14(3)16(9-13(12)2)17-10-20-18(21-17)11-19-15-6-4-5-7-15/h8-10,15,19H,4-7,11H2,1-3H3,(H,20,21). The van der Waals surface area contributed by atoms with Crippen molar-refractivity contribution in [2.75, 3.05) is 0 Å². The number of hydrogen-bond donors (Lipinski definition) is 2. The lowest BCUT2D eigenvalue weighted by atomic mass is 9.99. The first-order valence-corrected chi connectivity index (χ1v) is 7.99. The summed E-state index contributed by atoms with van der Waals surface area (Å²) in [5.74, 6) is 1.04. The first kappa shape index (κ1) is 14.3. The van der Waals surface area contributed by atoms with Gasteiger partial charge in [0.15, 0.2) is 0 Å². The number of imidazole rings is 1. The molecule has 2 aromatic rings. The maximum atomic E-state index is 4.53. The van der Waals surface area contributed by atoms with Crippen molar-refractivity contribution in [3.8, 4) is 11.3 Å². The zero-order valence-corrected chi connectivity index (χ0v) is 13.3. The van der Waals surface area contributed by atoms with Crippen LogP contribution in [-0.4, -0.2) is 16.0 Å². The Morgan fingerprint density at radius 2 is 1.81 bits per heavy atom. The second-order valence-corrected chi connectivity index (χ2v) is 6.36. The van der Waals surface area contributed by atoms with E-state index in [-0.39, 0.29) is 0 Å². The Bertz CT molecular complexity index is 621. The third-order valence-corrected chi connectivity index (χ3v) is 4.67. The van der Waals surface area contributed by atoms with Gasteiger partial charge in [-0.05, 0) is 56.4 Å². The van der Waals surface area contributed by atoms with Gasteiger partial charge in [0.1, 0.15) is 5.82 Å². The Morgan fingerprint density at radius 3 is 2.57 bits per heavy atom. The Hall–Kier alpha value is -1.61. The molecule has 0 bridgehead atoms. The van der Waals surface area contributed by atoms with Gasteiger partial charge in [-0.25, -0.2) is 4.98 Å². The van der Waals surface area contributed by atoms with Crippen LogP contribution < -0.4 is 5.32 Å². The molecule has 0 radical (unpaired) electrons. The van der Waals surface area contributed by atoms with Crippen molar-refractivity contribution in [3.63, 3.8) is 0 Å². The van der Waals surface area contributed by atoms with Crippen molar-refractivity contribution in [1.82, 2.24) is 15.3 Å². The smallest absolute Gasteiger partial charge is 0.120 e. The molecule has 0 saturated heterocycles. The van der Waals surface area contributed by atoms with E-state index in [0.717, 1.165) is 18.1 Å². The van der Waals surface area contributed by atoms with Crippen LogP contribution in [0, 0.1) is 20.8 Å². The van der Waals surface area contributed by atoms with Crippen molar-refractivity contribution < 1.29 is 0 Å². The van der Waals surface area contributed by atoms with Gasteiger partial charge in [0.2, 0.25) is 0 Å². The SMILES string of the molecule is Cc1cc(C)c(-c2cnc(CNC3CCCC3)[nH]2)cc1C. The molecule has 1 heterocycles. The summed E-state index contributed by atoms with van der Waals surface area (Å²) < 4.78 is 0. The second-order valence-electron chi connectivity index (χ2n) is 6.36. The predicted molar refractivity (Wildman–Crippen MR) is 87.3 cm³/mol. The third kappa shape index (κ3) is 3.18. The highest BCUT2D eigenvalue weighted by Crippen LogP contribution is 2.25. The van der Waals surface area contributed by atoms with E-state index in [2.05, 4.69) is 48.2 Å². The monoisotopic (exact) mass is 283 g/mol. The van der Waals surface area contributed by atoms with Crippen LogP contribution in [-0.2, 0) is 6.54 Å². The molecule has 1 aliphatic rings. The molecule has 21 heavy (non-hydrogen) atoms. The Morgan fingerprint density at radius 1 is 1.10 bits per heavy atom. The summed E-state index contributed by atoms with van der Waals surface area (Å²) in [6.07, 6.45) is 7.31. The number of nitrogens with zero attached hydrogens (tertiary/aromatic N) is 1. The molecule has 1 saturated carbocycles. The summed E-state index contributed by atoms with van der Waals surface area (Å²) in [4.78, 5) is 8.00. The number of aromatic amines is 1. The van der Waals surface area contributed by atoms with Gasteiger partial charge in [-0.15, -0.1) is 0 Å². The quantitative estimate of drug-likeness (QED) is 0.889. The van der Waals surface area contributed by atoms with Gasteiger partial charge in [-0.3, -0.25) is 0 Å². The Balaban J connectivity index is 1.73. The van der Waals surface area contributed by atoms with Crippen molar-refractivity contribution in [2.45, 2.75) is 59.0 Å². The van der Waals surface area contributed by atoms with Gasteiger partial charge < -0.3 is 10.3 Å². The molecule has 2 N–H and O–H groups in total. The number of aryl methyl sites for hydroxylation is 3. The van der Waals surface area contributed by atoms with E-state index in [1.54, 1.807) is 0 Å². The van der Waals surface area contributed by atoms with Crippen molar-refractivity contribution in [1.29, 1.82) is 0 Å². The number of H-pyrrole nitrogens is 1. The molecule has 1 aliphatic carbocycles. The molecule has 3 nitrogen and oxygen atoms in total. The third-order valence-electron chi connectivity index (χ3n) is 4.67. The second kappa shape index (κ2) is 6.02. The molecule has 0 spiro atoms. The first-order chi connectivity index (χ1) is 10.1. The van der Waals surface area contributed by atoms with Crippen LogP contribution in [0.4, 0.5) is 0 Å². The van der Waals surface area contributed by atoms with Crippen LogP contribution in [0.3, 0.4) is 0 Å². The number of nitrogens with one attached hydrogen (secondary N) is 2. The minimum Gasteiger partial charge on any atom is -0.341 e. The van der Waals surface area contributed by atoms with Crippen LogP contribution >= 0.6 is 0 Å². The largest absolute Gasteiger partial charge is 0.341 e. The fourth-order valence-electron chi connectivity index (χ4n) is 3.21. The molecule has 0 aliphatic heterocycles. The Kier molecular flexibility index (Phi) is 4.11. The van der Waals surface area contributed by atoms with Gasteiger partial charge in [-0.2, -0.15) is 0 Å². The van der Waals surface area contributed by atoms with Crippen molar-refractivity contribution in [2.24, 2.45) is 0 Å². The topological polar surface area (TPSA) is 40.7 Å². The van der Waals surface area contributed by atoms with E-state index in [0.29, 0.717) is 6.04 Å². The molecule has 1 fully saturated rings. The fraction of sp³-hybridized carbons (Fsp3) is 0.500. The number of benzene rings is 1. The fourth-order valence-corrected chi connectivity index (χ4v) is 3.21. The normalized spacial score (nSPS) is 15.8.